The summed E-state index contributed by atoms with van der Waals surface area (Å²) in [4.78, 5) is 20.6. The van der Waals surface area contributed by atoms with Crippen molar-refractivity contribution in [2.24, 2.45) is 4.99 Å². The summed E-state index contributed by atoms with van der Waals surface area (Å²) < 4.78 is 5.80. The van der Waals surface area contributed by atoms with Crippen LogP contribution < -0.4 is 9.64 Å². The van der Waals surface area contributed by atoms with E-state index in [0.29, 0.717) is 16.7 Å². The van der Waals surface area contributed by atoms with Crippen LogP contribution in [0, 0.1) is 0 Å². The number of ether oxygens (including phenoxy) is 1. The SMILES string of the molecule is CCOc1ccc(/C=C2/SC(=Nc3ccccc3)N(c3ccccc3)C2=O)c2ccccc12. The van der Waals surface area contributed by atoms with E-state index in [9.17, 15) is 4.79 Å². The minimum absolute atomic E-state index is 0.0844. The van der Waals surface area contributed by atoms with Crippen molar-refractivity contribution < 1.29 is 9.53 Å². The number of fused-ring (bicyclic) bond motifs is 1. The summed E-state index contributed by atoms with van der Waals surface area (Å²) in [5.74, 6) is 0.761. The summed E-state index contributed by atoms with van der Waals surface area (Å²) in [5.41, 5.74) is 2.57. The van der Waals surface area contributed by atoms with Gasteiger partial charge in [-0.15, -0.1) is 0 Å². The molecule has 33 heavy (non-hydrogen) atoms. The van der Waals surface area contributed by atoms with Gasteiger partial charge in [-0.2, -0.15) is 0 Å². The lowest BCUT2D eigenvalue weighted by Gasteiger charge is -2.15. The Labute approximate surface area is 197 Å². The van der Waals surface area contributed by atoms with Gasteiger partial charge in [-0.25, -0.2) is 4.99 Å². The topological polar surface area (TPSA) is 41.9 Å². The second-order valence-corrected chi connectivity index (χ2v) is 8.46. The lowest BCUT2D eigenvalue weighted by atomic mass is 10.0. The predicted molar refractivity (Wildman–Crippen MR) is 138 cm³/mol. The van der Waals surface area contributed by atoms with E-state index < -0.39 is 0 Å². The zero-order chi connectivity index (χ0) is 22.6. The Kier molecular flexibility index (Phi) is 5.96. The number of hydrogen-bond acceptors (Lipinski definition) is 4. The van der Waals surface area contributed by atoms with Crippen LogP contribution in [0.1, 0.15) is 12.5 Å². The minimum Gasteiger partial charge on any atom is -0.493 e. The summed E-state index contributed by atoms with van der Waals surface area (Å²) in [6.07, 6.45) is 1.95. The van der Waals surface area contributed by atoms with Gasteiger partial charge in [0.2, 0.25) is 0 Å². The summed E-state index contributed by atoms with van der Waals surface area (Å²) in [6.45, 7) is 2.58. The highest BCUT2D eigenvalue weighted by molar-refractivity contribution is 8.19. The number of aliphatic imine (C=N–C) groups is 1. The number of nitrogens with zero attached hydrogens (tertiary/aromatic N) is 2. The molecule has 1 amide bonds. The van der Waals surface area contributed by atoms with E-state index in [1.807, 2.05) is 104 Å². The zero-order valence-electron chi connectivity index (χ0n) is 18.1. The molecule has 162 valence electrons. The molecule has 4 nitrogen and oxygen atoms in total. The molecule has 0 atom stereocenters. The Morgan fingerprint density at radius 3 is 2.24 bits per heavy atom. The maximum atomic E-state index is 13.5. The highest BCUT2D eigenvalue weighted by Crippen LogP contribution is 2.38. The van der Waals surface area contributed by atoms with Crippen LogP contribution in [-0.4, -0.2) is 17.7 Å². The molecule has 0 aromatic heterocycles. The van der Waals surface area contributed by atoms with Crippen molar-refractivity contribution in [3.05, 3.63) is 108 Å². The predicted octanol–water partition coefficient (Wildman–Crippen LogP) is 7.05. The number of hydrogen-bond donors (Lipinski definition) is 0. The van der Waals surface area contributed by atoms with Crippen LogP contribution >= 0.6 is 11.8 Å². The third-order valence-electron chi connectivity index (χ3n) is 5.31. The largest absolute Gasteiger partial charge is 0.493 e. The molecule has 0 unspecified atom stereocenters. The fourth-order valence-electron chi connectivity index (χ4n) is 3.81. The highest BCUT2D eigenvalue weighted by atomic mass is 32.2. The van der Waals surface area contributed by atoms with Crippen LogP contribution in [0.3, 0.4) is 0 Å². The van der Waals surface area contributed by atoms with Gasteiger partial charge in [-0.3, -0.25) is 9.69 Å². The van der Waals surface area contributed by atoms with Crippen molar-refractivity contribution in [1.29, 1.82) is 0 Å². The first-order chi connectivity index (χ1) is 16.2. The maximum Gasteiger partial charge on any atom is 0.271 e. The molecule has 1 fully saturated rings. The lowest BCUT2D eigenvalue weighted by molar-refractivity contribution is -0.113. The first-order valence-corrected chi connectivity index (χ1v) is 11.6. The number of rotatable bonds is 5. The quantitative estimate of drug-likeness (QED) is 0.306. The first kappa shape index (κ1) is 21.0. The van der Waals surface area contributed by atoms with E-state index in [0.717, 1.165) is 33.5 Å². The molecule has 0 spiro atoms. The van der Waals surface area contributed by atoms with E-state index in [2.05, 4.69) is 6.07 Å². The highest BCUT2D eigenvalue weighted by Gasteiger charge is 2.34. The first-order valence-electron chi connectivity index (χ1n) is 10.8. The molecule has 0 saturated carbocycles. The molecule has 4 aromatic rings. The van der Waals surface area contributed by atoms with Gasteiger partial charge in [0.05, 0.1) is 22.9 Å². The summed E-state index contributed by atoms with van der Waals surface area (Å²) in [6, 6.07) is 31.4. The lowest BCUT2D eigenvalue weighted by Crippen LogP contribution is -2.28. The van der Waals surface area contributed by atoms with Crippen molar-refractivity contribution >= 4 is 51.1 Å². The van der Waals surface area contributed by atoms with Crippen molar-refractivity contribution in [3.63, 3.8) is 0 Å². The molecule has 0 radical (unpaired) electrons. The van der Waals surface area contributed by atoms with Crippen LogP contribution in [0.15, 0.2) is 107 Å². The molecule has 4 aromatic carbocycles. The van der Waals surface area contributed by atoms with Crippen molar-refractivity contribution in [3.8, 4) is 5.75 Å². The third-order valence-corrected chi connectivity index (χ3v) is 6.27. The molecule has 5 rings (SSSR count). The van der Waals surface area contributed by atoms with E-state index in [1.165, 1.54) is 11.8 Å². The second kappa shape index (κ2) is 9.35. The Balaban J connectivity index is 1.60. The summed E-state index contributed by atoms with van der Waals surface area (Å²) >= 11 is 1.39. The molecule has 0 N–H and O–H groups in total. The van der Waals surface area contributed by atoms with Gasteiger partial charge in [0.1, 0.15) is 5.75 Å². The zero-order valence-corrected chi connectivity index (χ0v) is 19.0. The van der Waals surface area contributed by atoms with Crippen LogP contribution in [-0.2, 0) is 4.79 Å². The van der Waals surface area contributed by atoms with Crippen LogP contribution in [0.4, 0.5) is 11.4 Å². The molecule has 1 aliphatic rings. The number of benzene rings is 4. The fraction of sp³-hybridized carbons (Fsp3) is 0.0714. The molecule has 5 heteroatoms. The number of para-hydroxylation sites is 2. The Hall–Kier alpha value is -3.83. The summed E-state index contributed by atoms with van der Waals surface area (Å²) in [5, 5.41) is 2.71. The average Bonchev–Trinajstić information content (AvgIpc) is 3.16. The van der Waals surface area contributed by atoms with Crippen LogP contribution in [0.5, 0.6) is 5.75 Å². The van der Waals surface area contributed by atoms with Crippen molar-refractivity contribution in [2.45, 2.75) is 6.92 Å². The summed E-state index contributed by atoms with van der Waals surface area (Å²) in [7, 11) is 0. The third kappa shape index (κ3) is 4.28. The number of thioether (sulfide) groups is 1. The van der Waals surface area contributed by atoms with Gasteiger partial charge >= 0.3 is 0 Å². The van der Waals surface area contributed by atoms with Gasteiger partial charge in [-0.1, -0.05) is 66.7 Å². The number of carbonyl (C=O) groups is 1. The van der Waals surface area contributed by atoms with E-state index in [4.69, 9.17) is 9.73 Å². The number of amidine groups is 1. The Bertz CT molecular complexity index is 1360. The van der Waals surface area contributed by atoms with E-state index in [1.54, 1.807) is 4.90 Å². The molecule has 0 aliphatic carbocycles. The Morgan fingerprint density at radius 2 is 1.52 bits per heavy atom. The molecule has 1 aliphatic heterocycles. The number of carbonyl (C=O) groups excluding carboxylic acids is 1. The normalized spacial score (nSPS) is 16.2. The van der Waals surface area contributed by atoms with E-state index in [-0.39, 0.29) is 5.91 Å². The second-order valence-electron chi connectivity index (χ2n) is 7.45. The average molecular weight is 451 g/mol. The fourth-order valence-corrected chi connectivity index (χ4v) is 4.80. The van der Waals surface area contributed by atoms with Gasteiger partial charge < -0.3 is 4.74 Å². The molecule has 0 bridgehead atoms. The van der Waals surface area contributed by atoms with Gasteiger partial charge in [0, 0.05) is 5.39 Å². The number of anilines is 1. The van der Waals surface area contributed by atoms with Crippen LogP contribution in [0.2, 0.25) is 0 Å². The van der Waals surface area contributed by atoms with Crippen molar-refractivity contribution in [2.75, 3.05) is 11.5 Å². The number of amides is 1. The van der Waals surface area contributed by atoms with Gasteiger partial charge in [0.15, 0.2) is 5.17 Å². The standard InChI is InChI=1S/C28H22N2O2S/c1-2-32-25-18-17-20(23-15-9-10-16-24(23)25)19-26-27(31)30(22-13-7-4-8-14-22)28(33-26)29-21-11-5-3-6-12-21/h3-19H,2H2,1H3/b26-19+,29-28?. The minimum atomic E-state index is -0.0844. The van der Waals surface area contributed by atoms with E-state index >= 15 is 0 Å². The van der Waals surface area contributed by atoms with Crippen LogP contribution in [0.25, 0.3) is 16.8 Å². The molecule has 1 saturated heterocycles. The molecule has 1 heterocycles. The van der Waals surface area contributed by atoms with Gasteiger partial charge in [0.25, 0.3) is 5.91 Å². The molecular weight excluding hydrogens is 428 g/mol. The smallest absolute Gasteiger partial charge is 0.271 e. The van der Waals surface area contributed by atoms with Gasteiger partial charge in [-0.05, 0) is 66.0 Å². The monoisotopic (exact) mass is 450 g/mol. The Morgan fingerprint density at radius 1 is 0.848 bits per heavy atom. The van der Waals surface area contributed by atoms with Crippen molar-refractivity contribution in [1.82, 2.24) is 0 Å². The maximum absolute atomic E-state index is 13.5. The molecular formula is C28H22N2O2S.